The minimum Gasteiger partial charge on any atom is -0.271 e. The molecule has 2 rings (SSSR count). The first-order valence-electron chi connectivity index (χ1n) is 6.01. The molecule has 0 aliphatic heterocycles. The highest BCUT2D eigenvalue weighted by atomic mass is 19.1. The minimum absolute atomic E-state index is 0.315. The number of nitrogens with two attached hydrogens (primary N) is 1. The van der Waals surface area contributed by atoms with E-state index in [4.69, 9.17) is 5.84 Å². The van der Waals surface area contributed by atoms with Crippen LogP contribution in [-0.2, 0) is 0 Å². The lowest BCUT2D eigenvalue weighted by atomic mass is 9.93. The van der Waals surface area contributed by atoms with Crippen molar-refractivity contribution in [1.29, 1.82) is 0 Å². The fourth-order valence-electron chi connectivity index (χ4n) is 2.29. The molecule has 0 saturated carbocycles. The lowest BCUT2D eigenvalue weighted by molar-refractivity contribution is 0.555. The Balaban J connectivity index is 2.51. The highest BCUT2D eigenvalue weighted by Gasteiger charge is 2.19. The molecule has 0 aliphatic rings. The highest BCUT2D eigenvalue weighted by molar-refractivity contribution is 5.39. The fraction of sp³-hybridized carbons (Fsp3) is 0.200. The third-order valence-corrected chi connectivity index (χ3v) is 3.14. The van der Waals surface area contributed by atoms with Crippen LogP contribution in [0, 0.1) is 25.5 Å². The summed E-state index contributed by atoms with van der Waals surface area (Å²) in [6.07, 6.45) is 0. The second-order valence-corrected chi connectivity index (χ2v) is 4.63. The van der Waals surface area contributed by atoms with Gasteiger partial charge in [0.1, 0.15) is 11.6 Å². The van der Waals surface area contributed by atoms with Gasteiger partial charge in [-0.2, -0.15) is 0 Å². The molecule has 0 radical (unpaired) electrons. The van der Waals surface area contributed by atoms with Gasteiger partial charge in [0, 0.05) is 5.56 Å². The second kappa shape index (κ2) is 5.47. The normalized spacial score (nSPS) is 12.5. The first-order chi connectivity index (χ1) is 9.02. The molecule has 2 aromatic rings. The van der Waals surface area contributed by atoms with E-state index in [1.165, 1.54) is 18.2 Å². The van der Waals surface area contributed by atoms with Crippen LogP contribution in [0.3, 0.4) is 0 Å². The molecule has 0 spiro atoms. The molecule has 0 bridgehead atoms. The summed E-state index contributed by atoms with van der Waals surface area (Å²) in [6.45, 7) is 3.67. The van der Waals surface area contributed by atoms with Gasteiger partial charge >= 0.3 is 0 Å². The van der Waals surface area contributed by atoms with Crippen molar-refractivity contribution in [3.8, 4) is 0 Å². The number of hydrogen-bond acceptors (Lipinski definition) is 2. The smallest absolute Gasteiger partial charge is 0.128 e. The molecule has 3 N–H and O–H groups in total. The van der Waals surface area contributed by atoms with Gasteiger partial charge in [0.2, 0.25) is 0 Å². The van der Waals surface area contributed by atoms with E-state index in [0.29, 0.717) is 5.56 Å². The Kier molecular flexibility index (Phi) is 3.93. The zero-order valence-electron chi connectivity index (χ0n) is 10.9. The summed E-state index contributed by atoms with van der Waals surface area (Å²) >= 11 is 0. The molecule has 19 heavy (non-hydrogen) atoms. The third kappa shape index (κ3) is 2.80. The summed E-state index contributed by atoms with van der Waals surface area (Å²) in [5.74, 6) is 4.89. The number of rotatable bonds is 3. The lowest BCUT2D eigenvalue weighted by Crippen LogP contribution is -2.30. The van der Waals surface area contributed by atoms with Gasteiger partial charge in [-0.3, -0.25) is 5.84 Å². The Morgan fingerprint density at radius 3 is 2.21 bits per heavy atom. The van der Waals surface area contributed by atoms with Crippen molar-refractivity contribution >= 4 is 0 Å². The highest BCUT2D eigenvalue weighted by Crippen LogP contribution is 2.27. The molecule has 0 aromatic heterocycles. The van der Waals surface area contributed by atoms with E-state index in [1.54, 1.807) is 12.1 Å². The van der Waals surface area contributed by atoms with Gasteiger partial charge in [-0.25, -0.2) is 14.2 Å². The van der Waals surface area contributed by atoms with Crippen molar-refractivity contribution in [3.63, 3.8) is 0 Å². The van der Waals surface area contributed by atoms with Crippen LogP contribution in [0.4, 0.5) is 8.78 Å². The molecule has 1 unspecified atom stereocenters. The molecular weight excluding hydrogens is 246 g/mol. The van der Waals surface area contributed by atoms with Gasteiger partial charge in [-0.05, 0) is 48.7 Å². The fourth-order valence-corrected chi connectivity index (χ4v) is 2.29. The summed E-state index contributed by atoms with van der Waals surface area (Å²) in [7, 11) is 0. The molecule has 0 amide bonds. The summed E-state index contributed by atoms with van der Waals surface area (Å²) in [4.78, 5) is 0. The molecule has 0 heterocycles. The topological polar surface area (TPSA) is 38.0 Å². The lowest BCUT2D eigenvalue weighted by Gasteiger charge is -2.20. The summed E-state index contributed by atoms with van der Waals surface area (Å²) in [5, 5.41) is 0. The van der Waals surface area contributed by atoms with Crippen LogP contribution in [0.15, 0.2) is 36.4 Å². The van der Waals surface area contributed by atoms with Crippen molar-refractivity contribution in [2.45, 2.75) is 19.9 Å². The van der Waals surface area contributed by atoms with Crippen LogP contribution >= 0.6 is 0 Å². The van der Waals surface area contributed by atoms with Gasteiger partial charge in [0.25, 0.3) is 0 Å². The van der Waals surface area contributed by atoms with Crippen molar-refractivity contribution in [2.24, 2.45) is 5.84 Å². The molecule has 2 nitrogen and oxygen atoms in total. The van der Waals surface area contributed by atoms with Gasteiger partial charge in [-0.1, -0.05) is 18.2 Å². The number of hydrazine groups is 1. The van der Waals surface area contributed by atoms with E-state index in [0.717, 1.165) is 16.7 Å². The summed E-state index contributed by atoms with van der Waals surface area (Å²) in [5.41, 5.74) is 5.46. The Morgan fingerprint density at radius 2 is 1.68 bits per heavy atom. The zero-order chi connectivity index (χ0) is 14.0. The van der Waals surface area contributed by atoms with Gasteiger partial charge < -0.3 is 0 Å². The van der Waals surface area contributed by atoms with Crippen LogP contribution in [0.2, 0.25) is 0 Å². The molecule has 0 fully saturated rings. The maximum atomic E-state index is 14.1. The molecule has 0 saturated heterocycles. The van der Waals surface area contributed by atoms with E-state index < -0.39 is 6.04 Å². The predicted molar refractivity (Wildman–Crippen MR) is 71.4 cm³/mol. The molecule has 2 aromatic carbocycles. The Hall–Kier alpha value is -1.78. The van der Waals surface area contributed by atoms with Crippen LogP contribution in [0.25, 0.3) is 0 Å². The first-order valence-corrected chi connectivity index (χ1v) is 6.01. The van der Waals surface area contributed by atoms with Crippen LogP contribution in [0.1, 0.15) is 28.3 Å². The van der Waals surface area contributed by atoms with E-state index >= 15 is 0 Å². The summed E-state index contributed by atoms with van der Waals surface area (Å²) < 4.78 is 27.1. The molecule has 1 atom stereocenters. The number of aryl methyl sites for hydroxylation is 2. The monoisotopic (exact) mass is 262 g/mol. The van der Waals surface area contributed by atoms with Gasteiger partial charge in [0.05, 0.1) is 6.04 Å². The van der Waals surface area contributed by atoms with E-state index in [1.807, 2.05) is 19.9 Å². The van der Waals surface area contributed by atoms with Crippen molar-refractivity contribution in [2.75, 3.05) is 0 Å². The Bertz CT molecular complexity index is 556. The van der Waals surface area contributed by atoms with Crippen LogP contribution < -0.4 is 11.3 Å². The number of benzene rings is 2. The average molecular weight is 262 g/mol. The van der Waals surface area contributed by atoms with Gasteiger partial charge in [-0.15, -0.1) is 0 Å². The SMILES string of the molecule is Cc1cc(C)c(C(NN)c2ccc(F)cc2)c(F)c1. The Labute approximate surface area is 111 Å². The van der Waals surface area contributed by atoms with Crippen molar-refractivity contribution in [3.05, 3.63) is 70.3 Å². The average Bonchev–Trinajstić information content (AvgIpc) is 2.35. The van der Waals surface area contributed by atoms with Gasteiger partial charge in [0.15, 0.2) is 0 Å². The number of hydrogen-bond donors (Lipinski definition) is 2. The predicted octanol–water partition coefficient (Wildman–Crippen LogP) is 3.13. The van der Waals surface area contributed by atoms with E-state index in [-0.39, 0.29) is 11.6 Å². The molecular formula is C15H16F2N2. The minimum atomic E-state index is -0.499. The third-order valence-electron chi connectivity index (χ3n) is 3.14. The maximum Gasteiger partial charge on any atom is 0.128 e. The van der Waals surface area contributed by atoms with Crippen LogP contribution in [-0.4, -0.2) is 0 Å². The molecule has 0 aliphatic carbocycles. The second-order valence-electron chi connectivity index (χ2n) is 4.63. The maximum absolute atomic E-state index is 14.1. The van der Waals surface area contributed by atoms with Crippen molar-refractivity contribution < 1.29 is 8.78 Å². The molecule has 100 valence electrons. The molecule has 4 heteroatoms. The standard InChI is InChI=1S/C15H16F2N2/c1-9-7-10(2)14(13(17)8-9)15(19-18)11-3-5-12(16)6-4-11/h3-8,15,19H,18H2,1-2H3. The van der Waals surface area contributed by atoms with E-state index in [2.05, 4.69) is 5.43 Å². The number of nitrogens with one attached hydrogen (secondary N) is 1. The zero-order valence-corrected chi connectivity index (χ0v) is 10.9. The van der Waals surface area contributed by atoms with E-state index in [9.17, 15) is 8.78 Å². The largest absolute Gasteiger partial charge is 0.271 e. The Morgan fingerprint density at radius 1 is 1.05 bits per heavy atom. The first kappa shape index (κ1) is 13.6. The van der Waals surface area contributed by atoms with Crippen molar-refractivity contribution in [1.82, 2.24) is 5.43 Å². The van der Waals surface area contributed by atoms with Crippen LogP contribution in [0.5, 0.6) is 0 Å². The number of halogens is 2. The summed E-state index contributed by atoms with van der Waals surface area (Å²) in [6, 6.07) is 8.73. The quantitative estimate of drug-likeness (QED) is 0.658.